The van der Waals surface area contributed by atoms with E-state index in [0.29, 0.717) is 49.7 Å². The number of sulfonamides is 1. The highest BCUT2D eigenvalue weighted by Crippen LogP contribution is 2.16. The Balaban J connectivity index is 1.57. The van der Waals surface area contributed by atoms with Crippen molar-refractivity contribution in [3.63, 3.8) is 0 Å². The molecule has 3 rings (SSSR count). The van der Waals surface area contributed by atoms with E-state index in [0.717, 1.165) is 5.56 Å². The largest absolute Gasteiger partial charge is 0.326 e. The third-order valence-electron chi connectivity index (χ3n) is 5.15. The molecule has 0 bridgehead atoms. The smallest absolute Gasteiger partial charge is 0.255 e. The number of anilines is 2. The zero-order chi connectivity index (χ0) is 22.4. The van der Waals surface area contributed by atoms with Gasteiger partial charge >= 0.3 is 0 Å². The molecule has 2 N–H and O–H groups in total. The van der Waals surface area contributed by atoms with Crippen molar-refractivity contribution in [3.8, 4) is 0 Å². The van der Waals surface area contributed by atoms with Crippen LogP contribution < -0.4 is 10.6 Å². The Hall–Kier alpha value is -2.75. The average molecular weight is 445 g/mol. The third-order valence-corrected chi connectivity index (χ3v) is 7.03. The van der Waals surface area contributed by atoms with Crippen LogP contribution in [0.5, 0.6) is 0 Å². The molecule has 0 spiro atoms. The van der Waals surface area contributed by atoms with Gasteiger partial charge in [-0.25, -0.2) is 8.42 Å². The Kier molecular flexibility index (Phi) is 7.42. The van der Waals surface area contributed by atoms with E-state index in [1.54, 1.807) is 41.6 Å². The Bertz CT molecular complexity index is 1030. The second kappa shape index (κ2) is 10.0. The van der Waals surface area contributed by atoms with Gasteiger partial charge in [0.25, 0.3) is 5.91 Å². The van der Waals surface area contributed by atoms with Gasteiger partial charge in [-0.15, -0.1) is 0 Å². The molecule has 31 heavy (non-hydrogen) atoms. The molecular formula is C22H28N4O4S. The number of piperazine rings is 1. The minimum Gasteiger partial charge on any atom is -0.326 e. The van der Waals surface area contributed by atoms with Gasteiger partial charge in [0, 0.05) is 56.6 Å². The summed E-state index contributed by atoms with van der Waals surface area (Å²) in [6.07, 6.45) is 0. The number of rotatable bonds is 7. The van der Waals surface area contributed by atoms with E-state index < -0.39 is 10.0 Å². The first-order valence-electron chi connectivity index (χ1n) is 10.2. The molecule has 2 aromatic rings. The summed E-state index contributed by atoms with van der Waals surface area (Å²) < 4.78 is 25.5. The molecule has 9 heteroatoms. The van der Waals surface area contributed by atoms with Crippen LogP contribution in [-0.4, -0.2) is 61.4 Å². The normalized spacial score (nSPS) is 15.4. The fourth-order valence-electron chi connectivity index (χ4n) is 3.46. The van der Waals surface area contributed by atoms with Gasteiger partial charge in [-0.2, -0.15) is 4.31 Å². The lowest BCUT2D eigenvalue weighted by atomic mass is 10.1. The summed E-state index contributed by atoms with van der Waals surface area (Å²) in [5.74, 6) is -0.241. The van der Waals surface area contributed by atoms with Crippen LogP contribution in [0.1, 0.15) is 29.8 Å². The first-order valence-corrected chi connectivity index (χ1v) is 11.9. The minimum absolute atomic E-state index is 0.125. The van der Waals surface area contributed by atoms with Crippen LogP contribution in [0.15, 0.2) is 48.5 Å². The Morgan fingerprint density at radius 2 is 1.55 bits per heavy atom. The van der Waals surface area contributed by atoms with Crippen molar-refractivity contribution in [2.75, 3.05) is 42.6 Å². The number of carbonyl (C=O) groups excluding carboxylic acids is 2. The van der Waals surface area contributed by atoms with Gasteiger partial charge in [-0.1, -0.05) is 12.1 Å². The molecule has 2 aromatic carbocycles. The highest BCUT2D eigenvalue weighted by molar-refractivity contribution is 7.89. The van der Waals surface area contributed by atoms with Crippen LogP contribution in [0.3, 0.4) is 0 Å². The lowest BCUT2D eigenvalue weighted by Gasteiger charge is -2.33. The predicted octanol–water partition coefficient (Wildman–Crippen LogP) is 2.36. The minimum atomic E-state index is -3.14. The van der Waals surface area contributed by atoms with Gasteiger partial charge < -0.3 is 10.6 Å². The number of hydrogen-bond donors (Lipinski definition) is 2. The van der Waals surface area contributed by atoms with Crippen LogP contribution >= 0.6 is 0 Å². The zero-order valence-electron chi connectivity index (χ0n) is 17.8. The summed E-state index contributed by atoms with van der Waals surface area (Å²) in [5.41, 5.74) is 2.85. The van der Waals surface area contributed by atoms with E-state index in [2.05, 4.69) is 15.5 Å². The molecule has 2 amide bonds. The molecule has 0 aliphatic carbocycles. The van der Waals surface area contributed by atoms with Crippen molar-refractivity contribution in [1.82, 2.24) is 9.21 Å². The van der Waals surface area contributed by atoms with E-state index in [-0.39, 0.29) is 17.6 Å². The number of benzene rings is 2. The Morgan fingerprint density at radius 3 is 2.13 bits per heavy atom. The Morgan fingerprint density at radius 1 is 0.935 bits per heavy atom. The summed E-state index contributed by atoms with van der Waals surface area (Å²) in [7, 11) is -3.14. The van der Waals surface area contributed by atoms with Crippen LogP contribution in [0.25, 0.3) is 0 Å². The molecule has 1 aliphatic rings. The molecular weight excluding hydrogens is 416 g/mol. The fraction of sp³-hybridized carbons (Fsp3) is 0.364. The summed E-state index contributed by atoms with van der Waals surface area (Å²) >= 11 is 0. The van der Waals surface area contributed by atoms with E-state index in [1.165, 1.54) is 6.92 Å². The van der Waals surface area contributed by atoms with Crippen molar-refractivity contribution in [2.45, 2.75) is 20.4 Å². The van der Waals surface area contributed by atoms with Gasteiger partial charge in [0.1, 0.15) is 0 Å². The molecule has 1 fully saturated rings. The SMILES string of the molecule is CCS(=O)(=O)N1CCN(Cc2cccc(C(=O)Nc3ccc(NC(C)=O)cc3)c2)CC1. The molecule has 1 aliphatic heterocycles. The van der Waals surface area contributed by atoms with Gasteiger partial charge in [-0.3, -0.25) is 14.5 Å². The maximum atomic E-state index is 12.6. The number of nitrogens with zero attached hydrogens (tertiary/aromatic N) is 2. The lowest BCUT2D eigenvalue weighted by molar-refractivity contribution is -0.114. The van der Waals surface area contributed by atoms with E-state index >= 15 is 0 Å². The van der Waals surface area contributed by atoms with E-state index in [4.69, 9.17) is 0 Å². The molecule has 8 nitrogen and oxygen atoms in total. The van der Waals surface area contributed by atoms with Crippen molar-refractivity contribution in [3.05, 3.63) is 59.7 Å². The second-order valence-corrected chi connectivity index (χ2v) is 9.75. The van der Waals surface area contributed by atoms with Gasteiger partial charge in [0.2, 0.25) is 15.9 Å². The summed E-state index contributed by atoms with van der Waals surface area (Å²) in [5, 5.41) is 5.54. The van der Waals surface area contributed by atoms with Crippen LogP contribution in [0, 0.1) is 0 Å². The fourth-order valence-corrected chi connectivity index (χ4v) is 4.55. The van der Waals surface area contributed by atoms with E-state index in [9.17, 15) is 18.0 Å². The summed E-state index contributed by atoms with van der Waals surface area (Å²) in [6, 6.07) is 14.4. The summed E-state index contributed by atoms with van der Waals surface area (Å²) in [6.45, 7) is 6.07. The highest BCUT2D eigenvalue weighted by atomic mass is 32.2. The Labute approximate surface area is 183 Å². The maximum Gasteiger partial charge on any atom is 0.255 e. The highest BCUT2D eigenvalue weighted by Gasteiger charge is 2.25. The molecule has 1 heterocycles. The number of carbonyl (C=O) groups is 2. The van der Waals surface area contributed by atoms with E-state index in [1.807, 2.05) is 18.2 Å². The predicted molar refractivity (Wildman–Crippen MR) is 121 cm³/mol. The molecule has 0 saturated carbocycles. The van der Waals surface area contributed by atoms with Crippen LogP contribution in [0.2, 0.25) is 0 Å². The maximum absolute atomic E-state index is 12.6. The quantitative estimate of drug-likeness (QED) is 0.683. The first-order chi connectivity index (χ1) is 14.8. The average Bonchev–Trinajstić information content (AvgIpc) is 2.75. The number of hydrogen-bond acceptors (Lipinski definition) is 5. The van der Waals surface area contributed by atoms with Crippen molar-refractivity contribution in [1.29, 1.82) is 0 Å². The van der Waals surface area contributed by atoms with Crippen molar-refractivity contribution >= 4 is 33.2 Å². The molecule has 166 valence electrons. The number of amides is 2. The van der Waals surface area contributed by atoms with Gasteiger partial charge in [0.05, 0.1) is 5.75 Å². The first kappa shape index (κ1) is 22.9. The molecule has 0 atom stereocenters. The van der Waals surface area contributed by atoms with Crippen molar-refractivity contribution < 1.29 is 18.0 Å². The standard InChI is InChI=1S/C22H28N4O4S/c1-3-31(29,30)26-13-11-25(12-14-26)16-18-5-4-6-19(15-18)22(28)24-21-9-7-20(8-10-21)23-17(2)27/h4-10,15H,3,11-14,16H2,1-2H3,(H,23,27)(H,24,28). The topological polar surface area (TPSA) is 98.8 Å². The molecule has 0 radical (unpaired) electrons. The third kappa shape index (κ3) is 6.36. The molecule has 0 aromatic heterocycles. The molecule has 1 saturated heterocycles. The van der Waals surface area contributed by atoms with Crippen molar-refractivity contribution in [2.24, 2.45) is 0 Å². The number of nitrogens with one attached hydrogen (secondary N) is 2. The lowest BCUT2D eigenvalue weighted by Crippen LogP contribution is -2.48. The van der Waals surface area contributed by atoms with Gasteiger partial charge in [0.15, 0.2) is 0 Å². The zero-order valence-corrected chi connectivity index (χ0v) is 18.6. The molecule has 0 unspecified atom stereocenters. The van der Waals surface area contributed by atoms with Crippen LogP contribution in [-0.2, 0) is 21.4 Å². The monoisotopic (exact) mass is 444 g/mol. The van der Waals surface area contributed by atoms with Gasteiger partial charge in [-0.05, 0) is 48.9 Å². The second-order valence-electron chi connectivity index (χ2n) is 7.49. The van der Waals surface area contributed by atoms with Crippen LogP contribution in [0.4, 0.5) is 11.4 Å². The summed E-state index contributed by atoms with van der Waals surface area (Å²) in [4.78, 5) is 25.9.